The zero-order valence-electron chi connectivity index (χ0n) is 11.7. The van der Waals surface area contributed by atoms with E-state index in [4.69, 9.17) is 4.74 Å². The Labute approximate surface area is 120 Å². The van der Waals surface area contributed by atoms with Crippen LogP contribution in [-0.2, 0) is 29.2 Å². The molecule has 0 aromatic heterocycles. The molecular weight excluding hydrogens is 304 g/mol. The molecule has 0 aliphatic carbocycles. The molecule has 0 saturated carbocycles. The first kappa shape index (κ1) is 17.2. The van der Waals surface area contributed by atoms with E-state index in [-0.39, 0.29) is 17.9 Å². The van der Waals surface area contributed by atoms with E-state index < -0.39 is 42.1 Å². The number of sulfone groups is 2. The molecule has 20 heavy (non-hydrogen) atoms. The lowest BCUT2D eigenvalue weighted by atomic mass is 10.2. The maximum absolute atomic E-state index is 12.1. The van der Waals surface area contributed by atoms with E-state index >= 15 is 0 Å². The Morgan fingerprint density at radius 3 is 2.20 bits per heavy atom. The van der Waals surface area contributed by atoms with Gasteiger partial charge in [-0.15, -0.1) is 0 Å². The summed E-state index contributed by atoms with van der Waals surface area (Å²) in [5.41, 5.74) is 0. The van der Waals surface area contributed by atoms with Crippen LogP contribution in [0.4, 0.5) is 0 Å². The van der Waals surface area contributed by atoms with Crippen LogP contribution in [0.2, 0.25) is 0 Å². The number of carbonyl (C=O) groups excluding carboxylic acids is 1. The average molecular weight is 324 g/mol. The van der Waals surface area contributed by atoms with Gasteiger partial charge in [-0.25, -0.2) is 21.6 Å². The molecule has 0 aromatic rings. The molecule has 1 heterocycles. The fraction of sp³-hybridized carbons (Fsp3) is 0.750. The minimum absolute atomic E-state index is 0.000140. The number of carbonyl (C=O) groups is 1. The number of unbranched alkanes of at least 4 members (excludes halogenated alkanes) is 2. The highest BCUT2D eigenvalue weighted by Gasteiger charge is 2.40. The van der Waals surface area contributed by atoms with E-state index in [1.807, 2.05) is 6.92 Å². The van der Waals surface area contributed by atoms with E-state index in [2.05, 4.69) is 0 Å². The number of ether oxygens (including phenoxy) is 1. The summed E-state index contributed by atoms with van der Waals surface area (Å²) in [6.07, 6.45) is 2.25. The molecule has 0 radical (unpaired) electrons. The molecule has 0 aromatic carbocycles. The van der Waals surface area contributed by atoms with Crippen LogP contribution in [0.5, 0.6) is 0 Å². The third kappa shape index (κ3) is 3.82. The quantitative estimate of drug-likeness (QED) is 0.538. The summed E-state index contributed by atoms with van der Waals surface area (Å²) in [5, 5.41) is 0. The van der Waals surface area contributed by atoms with Crippen LogP contribution in [0.15, 0.2) is 9.81 Å². The van der Waals surface area contributed by atoms with Crippen molar-refractivity contribution in [1.82, 2.24) is 0 Å². The molecule has 0 spiro atoms. The molecule has 0 fully saturated rings. The summed E-state index contributed by atoms with van der Waals surface area (Å²) in [6.45, 7) is 3.49. The second-order valence-electron chi connectivity index (χ2n) is 4.57. The SMILES string of the molecule is CCCCCC1=C(C(=O)OCC)S(=O)(=O)CCS1(=O)=O. The van der Waals surface area contributed by atoms with E-state index in [9.17, 15) is 21.6 Å². The standard InChI is InChI=1S/C12H20O6S2/c1-3-5-6-7-10-11(12(13)18-4-2)20(16,17)9-8-19(10,14)15/h3-9H2,1-2H3. The van der Waals surface area contributed by atoms with Crippen LogP contribution in [0.1, 0.15) is 39.5 Å². The Morgan fingerprint density at radius 2 is 1.65 bits per heavy atom. The van der Waals surface area contributed by atoms with Crippen molar-refractivity contribution in [2.75, 3.05) is 18.1 Å². The topological polar surface area (TPSA) is 94.6 Å². The molecule has 0 bridgehead atoms. The van der Waals surface area contributed by atoms with Gasteiger partial charge in [-0.2, -0.15) is 0 Å². The van der Waals surface area contributed by atoms with Gasteiger partial charge in [-0.3, -0.25) is 0 Å². The van der Waals surface area contributed by atoms with Crippen molar-refractivity contribution in [3.05, 3.63) is 9.81 Å². The van der Waals surface area contributed by atoms with Gasteiger partial charge < -0.3 is 4.74 Å². The fourth-order valence-corrected chi connectivity index (χ4v) is 6.55. The predicted molar refractivity (Wildman–Crippen MR) is 75.4 cm³/mol. The minimum Gasteiger partial charge on any atom is -0.462 e. The van der Waals surface area contributed by atoms with Gasteiger partial charge in [-0.05, 0) is 19.8 Å². The van der Waals surface area contributed by atoms with Crippen LogP contribution < -0.4 is 0 Å². The summed E-state index contributed by atoms with van der Waals surface area (Å²) >= 11 is 0. The first-order valence-corrected chi connectivity index (χ1v) is 9.92. The van der Waals surface area contributed by atoms with Gasteiger partial charge >= 0.3 is 5.97 Å². The number of hydrogen-bond donors (Lipinski definition) is 0. The van der Waals surface area contributed by atoms with Gasteiger partial charge in [0.05, 0.1) is 23.0 Å². The number of rotatable bonds is 6. The molecule has 1 rings (SSSR count). The Bertz CT molecular complexity index is 598. The summed E-state index contributed by atoms with van der Waals surface area (Å²) < 4.78 is 52.8. The Balaban J connectivity index is 3.33. The fourth-order valence-electron chi connectivity index (χ4n) is 2.00. The van der Waals surface area contributed by atoms with Crippen molar-refractivity contribution < 1.29 is 26.4 Å². The summed E-state index contributed by atoms with van der Waals surface area (Å²) in [5.74, 6) is -2.07. The van der Waals surface area contributed by atoms with Gasteiger partial charge in [0.1, 0.15) is 0 Å². The molecule has 8 heteroatoms. The van der Waals surface area contributed by atoms with Crippen LogP contribution in [0, 0.1) is 0 Å². The Kier molecular flexibility index (Phi) is 5.76. The largest absolute Gasteiger partial charge is 0.462 e. The van der Waals surface area contributed by atoms with Gasteiger partial charge in [0.2, 0.25) is 0 Å². The first-order chi connectivity index (χ1) is 9.26. The highest BCUT2D eigenvalue weighted by atomic mass is 32.2. The van der Waals surface area contributed by atoms with Crippen LogP contribution in [-0.4, -0.2) is 40.9 Å². The molecular formula is C12H20O6S2. The van der Waals surface area contributed by atoms with Crippen LogP contribution >= 0.6 is 0 Å². The maximum atomic E-state index is 12.1. The molecule has 1 aliphatic rings. The normalized spacial score (nSPS) is 20.7. The number of hydrogen-bond acceptors (Lipinski definition) is 6. The second kappa shape index (κ2) is 6.71. The van der Waals surface area contributed by atoms with Crippen molar-refractivity contribution in [1.29, 1.82) is 0 Å². The highest BCUT2D eigenvalue weighted by Crippen LogP contribution is 2.30. The summed E-state index contributed by atoms with van der Waals surface area (Å²) in [6, 6.07) is 0. The van der Waals surface area contributed by atoms with E-state index in [1.165, 1.54) is 0 Å². The first-order valence-electron chi connectivity index (χ1n) is 6.62. The average Bonchev–Trinajstić information content (AvgIpc) is 2.34. The maximum Gasteiger partial charge on any atom is 0.350 e. The van der Waals surface area contributed by atoms with E-state index in [0.29, 0.717) is 6.42 Å². The Morgan fingerprint density at radius 1 is 1.05 bits per heavy atom. The molecule has 0 atom stereocenters. The minimum atomic E-state index is -3.88. The Hall–Kier alpha value is -0.890. The van der Waals surface area contributed by atoms with Crippen molar-refractivity contribution in [3.63, 3.8) is 0 Å². The molecule has 116 valence electrons. The van der Waals surface area contributed by atoms with Crippen LogP contribution in [0.3, 0.4) is 0 Å². The molecule has 0 unspecified atom stereocenters. The molecule has 6 nitrogen and oxygen atoms in total. The van der Waals surface area contributed by atoms with Crippen molar-refractivity contribution in [2.24, 2.45) is 0 Å². The zero-order valence-corrected chi connectivity index (χ0v) is 13.3. The summed E-state index contributed by atoms with van der Waals surface area (Å²) in [7, 11) is -7.56. The monoisotopic (exact) mass is 324 g/mol. The van der Waals surface area contributed by atoms with Gasteiger partial charge in [0.25, 0.3) is 0 Å². The molecule has 1 aliphatic heterocycles. The zero-order chi connectivity index (χ0) is 15.4. The lowest BCUT2D eigenvalue weighted by Gasteiger charge is -2.19. The third-order valence-electron chi connectivity index (χ3n) is 3.03. The van der Waals surface area contributed by atoms with Crippen molar-refractivity contribution >= 4 is 25.6 Å². The van der Waals surface area contributed by atoms with Crippen molar-refractivity contribution in [2.45, 2.75) is 39.5 Å². The van der Waals surface area contributed by atoms with E-state index in [0.717, 1.165) is 12.8 Å². The van der Waals surface area contributed by atoms with Gasteiger partial charge in [0.15, 0.2) is 24.6 Å². The number of allylic oxidation sites excluding steroid dienone is 1. The molecule has 0 amide bonds. The third-order valence-corrected chi connectivity index (χ3v) is 7.09. The molecule has 0 saturated heterocycles. The lowest BCUT2D eigenvalue weighted by molar-refractivity contribution is -0.137. The second-order valence-corrected chi connectivity index (χ2v) is 8.74. The van der Waals surface area contributed by atoms with Gasteiger partial charge in [0, 0.05) is 0 Å². The predicted octanol–water partition coefficient (Wildman–Crippen LogP) is 1.18. The number of esters is 1. The smallest absolute Gasteiger partial charge is 0.350 e. The highest BCUT2D eigenvalue weighted by molar-refractivity contribution is 8.02. The lowest BCUT2D eigenvalue weighted by Crippen LogP contribution is -2.32. The molecule has 0 N–H and O–H groups in total. The summed E-state index contributed by atoms with van der Waals surface area (Å²) in [4.78, 5) is 10.9. The van der Waals surface area contributed by atoms with Crippen LogP contribution in [0.25, 0.3) is 0 Å². The van der Waals surface area contributed by atoms with Gasteiger partial charge in [-0.1, -0.05) is 19.8 Å². The van der Waals surface area contributed by atoms with E-state index in [1.54, 1.807) is 6.92 Å². The van der Waals surface area contributed by atoms with Crippen molar-refractivity contribution in [3.8, 4) is 0 Å².